The van der Waals surface area contributed by atoms with E-state index in [9.17, 15) is 19.5 Å². The Balaban J connectivity index is 4.45. The van der Waals surface area contributed by atoms with Gasteiger partial charge >= 0.3 is 11.9 Å². The number of carboxylic acids is 1. The van der Waals surface area contributed by atoms with Crippen molar-refractivity contribution in [1.82, 2.24) is 0 Å². The second-order valence-electron chi connectivity index (χ2n) is 13.5. The smallest absolute Gasteiger partial charge is 0.306 e. The van der Waals surface area contributed by atoms with E-state index in [-0.39, 0.29) is 49.1 Å². The van der Waals surface area contributed by atoms with Crippen LogP contribution in [0.5, 0.6) is 0 Å². The van der Waals surface area contributed by atoms with Crippen LogP contribution in [0.25, 0.3) is 0 Å². The molecule has 0 heterocycles. The summed E-state index contributed by atoms with van der Waals surface area (Å²) in [5, 5.41) is 11.6. The second kappa shape index (κ2) is 31.6. The van der Waals surface area contributed by atoms with Crippen LogP contribution in [-0.4, -0.2) is 75.5 Å². The Kier molecular flexibility index (Phi) is 29.8. The normalized spacial score (nSPS) is 13.6. The standard InChI is InChI=1S/C40H69NO7/c1-6-8-10-12-14-16-17-18-19-20-21-23-24-26-28-30-38(42)47-35-36(34-46-33-32-37(40(44)45)41(3,4)5)48-39(43)31-29-27-25-22-15-13-11-9-7-2/h9,11,14-18,22,36-37H,6-8,10,12-13,19-21,23-35H2,1-5H3/b11-9+,16-14+,18-17+,22-15+. The molecule has 0 bridgehead atoms. The highest BCUT2D eigenvalue weighted by molar-refractivity contribution is 5.70. The van der Waals surface area contributed by atoms with Gasteiger partial charge in [-0.3, -0.25) is 9.59 Å². The molecule has 0 spiro atoms. The maximum atomic E-state index is 12.6. The molecule has 0 aliphatic heterocycles. The van der Waals surface area contributed by atoms with Gasteiger partial charge in [0.2, 0.25) is 0 Å². The quantitative estimate of drug-likeness (QED) is 0.0234. The highest BCUT2D eigenvalue weighted by Crippen LogP contribution is 2.12. The number of carbonyl (C=O) groups is 3. The molecule has 0 aromatic rings. The van der Waals surface area contributed by atoms with E-state index in [2.05, 4.69) is 62.5 Å². The van der Waals surface area contributed by atoms with Crippen molar-refractivity contribution in [2.24, 2.45) is 0 Å². The summed E-state index contributed by atoms with van der Waals surface area (Å²) < 4.78 is 17.0. The molecule has 8 nitrogen and oxygen atoms in total. The van der Waals surface area contributed by atoms with Crippen LogP contribution in [-0.2, 0) is 28.6 Å². The number of allylic oxidation sites excluding steroid dienone is 8. The number of quaternary nitrogens is 1. The van der Waals surface area contributed by atoms with E-state index in [0.29, 0.717) is 12.8 Å². The van der Waals surface area contributed by atoms with Crippen molar-refractivity contribution < 1.29 is 38.2 Å². The molecule has 0 saturated heterocycles. The van der Waals surface area contributed by atoms with Crippen molar-refractivity contribution in [1.29, 1.82) is 0 Å². The first kappa shape index (κ1) is 45.3. The molecule has 48 heavy (non-hydrogen) atoms. The van der Waals surface area contributed by atoms with E-state index in [1.54, 1.807) is 21.1 Å². The zero-order chi connectivity index (χ0) is 35.7. The van der Waals surface area contributed by atoms with Crippen LogP contribution in [0.1, 0.15) is 136 Å². The lowest BCUT2D eigenvalue weighted by Crippen LogP contribution is -2.55. The SMILES string of the molecule is CC/C=C/C/C=C/CCCCC(=O)OC(COCCC(C(=O)[O-])[N+](C)(C)C)COC(=O)CCCCCCCC/C=C/C=C/CCCCC. The molecule has 276 valence electrons. The fraction of sp³-hybridized carbons (Fsp3) is 0.725. The number of hydrogen-bond donors (Lipinski definition) is 0. The van der Waals surface area contributed by atoms with Gasteiger partial charge in [-0.15, -0.1) is 0 Å². The molecule has 0 aromatic carbocycles. The van der Waals surface area contributed by atoms with E-state index in [0.717, 1.165) is 64.2 Å². The maximum absolute atomic E-state index is 12.6. The number of carbonyl (C=O) groups excluding carboxylic acids is 3. The third kappa shape index (κ3) is 29.4. The number of carboxylic acid groups (broad SMARTS) is 1. The summed E-state index contributed by atoms with van der Waals surface area (Å²) in [7, 11) is 5.37. The van der Waals surface area contributed by atoms with Gasteiger partial charge in [-0.2, -0.15) is 0 Å². The number of aliphatic carboxylic acids is 1. The summed E-state index contributed by atoms with van der Waals surface area (Å²) in [6.07, 6.45) is 34.3. The van der Waals surface area contributed by atoms with Gasteiger partial charge in [0.05, 0.1) is 40.3 Å². The molecule has 2 unspecified atom stereocenters. The Bertz CT molecular complexity index is 932. The maximum Gasteiger partial charge on any atom is 0.306 e. The molecule has 0 amide bonds. The van der Waals surface area contributed by atoms with E-state index >= 15 is 0 Å². The van der Waals surface area contributed by atoms with Gasteiger partial charge in [0.15, 0.2) is 6.10 Å². The summed E-state index contributed by atoms with van der Waals surface area (Å²) in [5.74, 6) is -1.81. The molecular formula is C40H69NO7. The second-order valence-corrected chi connectivity index (χ2v) is 13.5. The van der Waals surface area contributed by atoms with Crippen LogP contribution in [0.4, 0.5) is 0 Å². The average Bonchev–Trinajstić information content (AvgIpc) is 3.03. The molecule has 0 saturated carbocycles. The summed E-state index contributed by atoms with van der Waals surface area (Å²) in [6, 6.07) is -0.732. The summed E-state index contributed by atoms with van der Waals surface area (Å²) in [6.45, 7) is 4.43. The van der Waals surface area contributed by atoms with E-state index < -0.39 is 18.1 Å². The van der Waals surface area contributed by atoms with Crippen LogP contribution in [0, 0.1) is 0 Å². The van der Waals surface area contributed by atoms with Gasteiger partial charge in [-0.25, -0.2) is 0 Å². The van der Waals surface area contributed by atoms with Gasteiger partial charge in [0, 0.05) is 19.3 Å². The first-order valence-corrected chi connectivity index (χ1v) is 18.7. The number of hydrogen-bond acceptors (Lipinski definition) is 7. The molecule has 0 rings (SSSR count). The predicted molar refractivity (Wildman–Crippen MR) is 194 cm³/mol. The van der Waals surface area contributed by atoms with Gasteiger partial charge in [-0.1, -0.05) is 101 Å². The highest BCUT2D eigenvalue weighted by Gasteiger charge is 2.25. The fourth-order valence-electron chi connectivity index (χ4n) is 5.04. The average molecular weight is 676 g/mol. The van der Waals surface area contributed by atoms with Crippen LogP contribution in [0.3, 0.4) is 0 Å². The minimum Gasteiger partial charge on any atom is -0.544 e. The number of rotatable bonds is 32. The molecule has 0 fully saturated rings. The molecule has 0 aliphatic carbocycles. The van der Waals surface area contributed by atoms with Gasteiger partial charge < -0.3 is 28.6 Å². The molecule has 0 aliphatic rings. The number of ether oxygens (including phenoxy) is 3. The Labute approximate surface area is 293 Å². The molecule has 0 aromatic heterocycles. The lowest BCUT2D eigenvalue weighted by Gasteiger charge is -2.34. The van der Waals surface area contributed by atoms with Crippen molar-refractivity contribution in [3.8, 4) is 0 Å². The van der Waals surface area contributed by atoms with Crippen LogP contribution < -0.4 is 5.11 Å². The summed E-state index contributed by atoms with van der Waals surface area (Å²) >= 11 is 0. The number of likely N-dealkylation sites (N-methyl/N-ethyl adjacent to an activating group) is 1. The molecule has 2 atom stereocenters. The van der Waals surface area contributed by atoms with Crippen molar-refractivity contribution in [3.63, 3.8) is 0 Å². The minimum absolute atomic E-state index is 0.0222. The molecule has 0 N–H and O–H groups in total. The molecule has 8 heteroatoms. The van der Waals surface area contributed by atoms with Crippen molar-refractivity contribution >= 4 is 17.9 Å². The van der Waals surface area contributed by atoms with Crippen LogP contribution in [0.2, 0.25) is 0 Å². The zero-order valence-electron chi connectivity index (χ0n) is 31.1. The topological polar surface area (TPSA) is 102 Å². The zero-order valence-corrected chi connectivity index (χ0v) is 31.1. The Morgan fingerprint density at radius 2 is 1.23 bits per heavy atom. The highest BCUT2D eigenvalue weighted by atomic mass is 16.6. The van der Waals surface area contributed by atoms with Crippen molar-refractivity contribution in [2.45, 2.75) is 148 Å². The number of nitrogens with zero attached hydrogens (tertiary/aromatic N) is 1. The van der Waals surface area contributed by atoms with E-state index in [1.807, 2.05) is 0 Å². The first-order chi connectivity index (χ1) is 23.1. The van der Waals surface area contributed by atoms with E-state index in [1.165, 1.54) is 32.1 Å². The van der Waals surface area contributed by atoms with E-state index in [4.69, 9.17) is 14.2 Å². The third-order valence-corrected chi connectivity index (χ3v) is 7.98. The Morgan fingerprint density at radius 1 is 0.667 bits per heavy atom. The van der Waals surface area contributed by atoms with Gasteiger partial charge in [0.1, 0.15) is 12.6 Å². The van der Waals surface area contributed by atoms with Crippen LogP contribution >= 0.6 is 0 Å². The largest absolute Gasteiger partial charge is 0.544 e. The van der Waals surface area contributed by atoms with Crippen molar-refractivity contribution in [3.05, 3.63) is 48.6 Å². The summed E-state index contributed by atoms with van der Waals surface area (Å²) in [4.78, 5) is 36.5. The predicted octanol–water partition coefficient (Wildman–Crippen LogP) is 7.96. The molecule has 0 radical (unpaired) electrons. The Hall–Kier alpha value is -2.71. The monoisotopic (exact) mass is 676 g/mol. The lowest BCUT2D eigenvalue weighted by molar-refractivity contribution is -0.889. The minimum atomic E-state index is -1.14. The van der Waals surface area contributed by atoms with Crippen molar-refractivity contribution in [2.75, 3.05) is 41.0 Å². The van der Waals surface area contributed by atoms with Gasteiger partial charge in [0.25, 0.3) is 0 Å². The fourth-order valence-corrected chi connectivity index (χ4v) is 5.04. The lowest BCUT2D eigenvalue weighted by atomic mass is 10.1. The number of esters is 2. The third-order valence-electron chi connectivity index (χ3n) is 7.98. The van der Waals surface area contributed by atoms with Crippen LogP contribution in [0.15, 0.2) is 48.6 Å². The summed E-state index contributed by atoms with van der Waals surface area (Å²) in [5.41, 5.74) is 0. The van der Waals surface area contributed by atoms with Gasteiger partial charge in [-0.05, 0) is 64.2 Å². The first-order valence-electron chi connectivity index (χ1n) is 18.7. The number of unbranched alkanes of at least 4 members (excludes halogenated alkanes) is 11. The Morgan fingerprint density at radius 3 is 1.88 bits per heavy atom. The molecular weight excluding hydrogens is 606 g/mol.